The first kappa shape index (κ1) is 11.0. The first-order chi connectivity index (χ1) is 6.63. The third-order valence-electron chi connectivity index (χ3n) is 2.75. The van der Waals surface area contributed by atoms with Crippen molar-refractivity contribution in [2.45, 2.75) is 33.1 Å². The average molecular weight is 194 g/mol. The fourth-order valence-electron chi connectivity index (χ4n) is 1.60. The van der Waals surface area contributed by atoms with Gasteiger partial charge in [-0.1, -0.05) is 37.6 Å². The fraction of sp³-hybridized carbons (Fsp3) is 0.583. The topological polar surface area (TPSA) is 37.3 Å². The summed E-state index contributed by atoms with van der Waals surface area (Å²) in [6, 6.07) is 0. The van der Waals surface area contributed by atoms with Crippen LogP contribution in [-0.2, 0) is 4.79 Å². The molecule has 2 heteroatoms. The zero-order valence-corrected chi connectivity index (χ0v) is 8.86. The molecule has 1 N–H and O–H groups in total. The Labute approximate surface area is 85.3 Å². The summed E-state index contributed by atoms with van der Waals surface area (Å²) in [7, 11) is 0. The Morgan fingerprint density at radius 1 is 1.71 bits per heavy atom. The normalized spacial score (nSPS) is 23.0. The second-order valence-electron chi connectivity index (χ2n) is 3.99. The number of carbonyl (C=O) groups is 1. The molecule has 2 nitrogen and oxygen atoms in total. The van der Waals surface area contributed by atoms with Gasteiger partial charge in [-0.25, -0.2) is 0 Å². The van der Waals surface area contributed by atoms with Gasteiger partial charge in [-0.05, 0) is 25.2 Å². The van der Waals surface area contributed by atoms with E-state index in [1.165, 1.54) is 5.57 Å². The van der Waals surface area contributed by atoms with Crippen LogP contribution in [-0.4, -0.2) is 11.1 Å². The summed E-state index contributed by atoms with van der Waals surface area (Å²) in [4.78, 5) is 10.6. The third kappa shape index (κ3) is 3.02. The van der Waals surface area contributed by atoms with Gasteiger partial charge in [0, 0.05) is 0 Å². The van der Waals surface area contributed by atoms with E-state index in [4.69, 9.17) is 5.11 Å². The Morgan fingerprint density at radius 3 is 2.86 bits per heavy atom. The van der Waals surface area contributed by atoms with Crippen molar-refractivity contribution in [1.29, 1.82) is 0 Å². The van der Waals surface area contributed by atoms with Crippen LogP contribution in [0.3, 0.4) is 0 Å². The Balaban J connectivity index is 2.45. The van der Waals surface area contributed by atoms with Gasteiger partial charge in [-0.3, -0.25) is 4.79 Å². The molecule has 0 aromatic heterocycles. The third-order valence-corrected chi connectivity index (χ3v) is 2.75. The first-order valence-corrected chi connectivity index (χ1v) is 5.23. The highest BCUT2D eigenvalue weighted by molar-refractivity contribution is 5.70. The highest BCUT2D eigenvalue weighted by atomic mass is 16.4. The molecule has 0 aromatic carbocycles. The van der Waals surface area contributed by atoms with Crippen molar-refractivity contribution >= 4 is 5.97 Å². The van der Waals surface area contributed by atoms with Crippen LogP contribution < -0.4 is 0 Å². The van der Waals surface area contributed by atoms with Crippen LogP contribution in [0.1, 0.15) is 33.1 Å². The second kappa shape index (κ2) is 4.99. The van der Waals surface area contributed by atoms with E-state index < -0.39 is 5.97 Å². The molecule has 78 valence electrons. The van der Waals surface area contributed by atoms with Gasteiger partial charge in [0.2, 0.25) is 0 Å². The van der Waals surface area contributed by atoms with E-state index in [1.807, 2.05) is 0 Å². The molecule has 0 saturated heterocycles. The number of hydrogen-bond acceptors (Lipinski definition) is 1. The molecule has 0 bridgehead atoms. The van der Waals surface area contributed by atoms with E-state index in [0.29, 0.717) is 12.3 Å². The molecule has 0 aromatic rings. The smallest absolute Gasteiger partial charge is 0.306 e. The summed E-state index contributed by atoms with van der Waals surface area (Å²) in [5, 5.41) is 8.76. The maximum Gasteiger partial charge on any atom is 0.306 e. The largest absolute Gasteiger partial charge is 0.481 e. The average Bonchev–Trinajstić information content (AvgIpc) is 2.19. The molecule has 1 aliphatic carbocycles. The van der Waals surface area contributed by atoms with Gasteiger partial charge in [0.1, 0.15) is 0 Å². The van der Waals surface area contributed by atoms with Gasteiger partial charge < -0.3 is 5.11 Å². The Hall–Kier alpha value is -1.05. The van der Waals surface area contributed by atoms with Gasteiger partial charge in [-0.2, -0.15) is 0 Å². The van der Waals surface area contributed by atoms with Gasteiger partial charge in [0.15, 0.2) is 0 Å². The van der Waals surface area contributed by atoms with E-state index in [2.05, 4.69) is 25.2 Å². The minimum absolute atomic E-state index is 0.274. The summed E-state index contributed by atoms with van der Waals surface area (Å²) >= 11 is 0. The number of carboxylic acids is 1. The lowest BCUT2D eigenvalue weighted by atomic mass is 9.91. The number of aliphatic carboxylic acids is 1. The van der Waals surface area contributed by atoms with Crippen molar-refractivity contribution in [3.63, 3.8) is 0 Å². The van der Waals surface area contributed by atoms with Crippen molar-refractivity contribution in [3.8, 4) is 0 Å². The molecule has 14 heavy (non-hydrogen) atoms. The lowest BCUT2D eigenvalue weighted by molar-refractivity contribution is -0.141. The van der Waals surface area contributed by atoms with Crippen LogP contribution in [0.4, 0.5) is 0 Å². The number of allylic oxidation sites excluding steroid dienone is 4. The van der Waals surface area contributed by atoms with Crippen LogP contribution in [0.5, 0.6) is 0 Å². The van der Waals surface area contributed by atoms with Crippen molar-refractivity contribution in [3.05, 3.63) is 23.8 Å². The minimum atomic E-state index is -0.711. The van der Waals surface area contributed by atoms with E-state index in [0.717, 1.165) is 12.8 Å². The minimum Gasteiger partial charge on any atom is -0.481 e. The molecule has 1 unspecified atom stereocenters. The maximum atomic E-state index is 10.6. The first-order valence-electron chi connectivity index (χ1n) is 5.23. The molecule has 1 rings (SSSR count). The van der Waals surface area contributed by atoms with Crippen LogP contribution >= 0.6 is 0 Å². The highest BCUT2D eigenvalue weighted by Crippen LogP contribution is 2.23. The summed E-state index contributed by atoms with van der Waals surface area (Å²) in [6.45, 7) is 3.93. The Morgan fingerprint density at radius 2 is 2.43 bits per heavy atom. The lowest BCUT2D eigenvalue weighted by Gasteiger charge is -2.15. The zero-order valence-electron chi connectivity index (χ0n) is 8.86. The summed E-state index contributed by atoms with van der Waals surface area (Å²) in [6.07, 6.45) is 9.33. The number of hydrogen-bond donors (Lipinski definition) is 1. The van der Waals surface area contributed by atoms with Crippen LogP contribution in [0.15, 0.2) is 23.8 Å². The molecule has 2 atom stereocenters. The Kier molecular flexibility index (Phi) is 3.93. The number of carboxylic acid groups (broad SMARTS) is 1. The monoisotopic (exact) mass is 194 g/mol. The SMILES string of the molecule is CCC1C=CC(C[C@H](C)C(=O)O)=CC1. The predicted octanol–water partition coefficient (Wildman–Crippen LogP) is 3.01. The quantitative estimate of drug-likeness (QED) is 0.747. The molecular weight excluding hydrogens is 176 g/mol. The summed E-state index contributed by atoms with van der Waals surface area (Å²) < 4.78 is 0. The molecule has 0 saturated carbocycles. The van der Waals surface area contributed by atoms with Gasteiger partial charge >= 0.3 is 5.97 Å². The molecule has 0 amide bonds. The van der Waals surface area contributed by atoms with Gasteiger partial charge in [0.05, 0.1) is 5.92 Å². The standard InChI is InChI=1S/C12H18O2/c1-3-10-4-6-11(7-5-10)8-9(2)12(13)14/h4,6-7,9-10H,3,5,8H2,1-2H3,(H,13,14)/t9-,10?/m0/s1. The number of rotatable bonds is 4. The molecule has 0 heterocycles. The highest BCUT2D eigenvalue weighted by Gasteiger charge is 2.14. The molecule has 0 aliphatic heterocycles. The molecule has 1 aliphatic rings. The van der Waals surface area contributed by atoms with E-state index in [9.17, 15) is 4.79 Å². The van der Waals surface area contributed by atoms with Crippen molar-refractivity contribution in [2.24, 2.45) is 11.8 Å². The van der Waals surface area contributed by atoms with E-state index >= 15 is 0 Å². The predicted molar refractivity (Wildman–Crippen MR) is 57.0 cm³/mol. The van der Waals surface area contributed by atoms with Crippen molar-refractivity contribution in [2.75, 3.05) is 0 Å². The van der Waals surface area contributed by atoms with Gasteiger partial charge in [0.25, 0.3) is 0 Å². The lowest BCUT2D eigenvalue weighted by Crippen LogP contribution is -2.10. The van der Waals surface area contributed by atoms with Crippen LogP contribution in [0.2, 0.25) is 0 Å². The summed E-state index contributed by atoms with van der Waals surface area (Å²) in [5.74, 6) is -0.333. The van der Waals surface area contributed by atoms with Crippen molar-refractivity contribution < 1.29 is 9.90 Å². The van der Waals surface area contributed by atoms with Crippen LogP contribution in [0, 0.1) is 11.8 Å². The fourth-order valence-corrected chi connectivity index (χ4v) is 1.60. The zero-order chi connectivity index (χ0) is 10.6. The van der Waals surface area contributed by atoms with E-state index in [1.54, 1.807) is 6.92 Å². The van der Waals surface area contributed by atoms with E-state index in [-0.39, 0.29) is 5.92 Å². The molecule has 0 fully saturated rings. The van der Waals surface area contributed by atoms with Crippen LogP contribution in [0.25, 0.3) is 0 Å². The summed E-state index contributed by atoms with van der Waals surface area (Å²) in [5.41, 5.74) is 1.17. The molecule has 0 spiro atoms. The molecular formula is C12H18O2. The van der Waals surface area contributed by atoms with Crippen molar-refractivity contribution in [1.82, 2.24) is 0 Å². The van der Waals surface area contributed by atoms with Gasteiger partial charge in [-0.15, -0.1) is 0 Å². The Bertz CT molecular complexity index is 263. The second-order valence-corrected chi connectivity index (χ2v) is 3.99. The molecule has 0 radical (unpaired) electrons. The maximum absolute atomic E-state index is 10.6.